The molecule has 0 unspecified atom stereocenters. The molecule has 0 aromatic heterocycles. The zero-order valence-electron chi connectivity index (χ0n) is 18.6. The summed E-state index contributed by atoms with van der Waals surface area (Å²) in [7, 11) is -3.57. The Morgan fingerprint density at radius 3 is 1.57 bits per heavy atom. The number of aromatic hydroxyl groups is 1. The van der Waals surface area contributed by atoms with E-state index in [1.807, 2.05) is 6.07 Å². The Hall–Kier alpha value is -0.850. The largest absolute Gasteiger partial charge is 0.508 e. The van der Waals surface area contributed by atoms with E-state index in [1.54, 1.807) is 54.6 Å². The van der Waals surface area contributed by atoms with Crippen molar-refractivity contribution < 1.29 is 17.7 Å². The monoisotopic (exact) mass is 443 g/mol. The van der Waals surface area contributed by atoms with Gasteiger partial charge in [-0.15, -0.1) is 0 Å². The van der Waals surface area contributed by atoms with E-state index in [2.05, 4.69) is 6.92 Å². The van der Waals surface area contributed by atoms with Gasteiger partial charge in [-0.2, -0.15) is 8.42 Å². The Labute approximate surface area is 205 Å². The summed E-state index contributed by atoms with van der Waals surface area (Å²) in [5.41, 5.74) is 0. The number of benzene rings is 2. The summed E-state index contributed by atoms with van der Waals surface area (Å²) in [6.45, 7) is 2.52. The van der Waals surface area contributed by atoms with E-state index < -0.39 is 10.1 Å². The number of para-hydroxylation sites is 1. The SMILES string of the molecule is CCCCCCCCCCCCOS(=O)(=O)c1ccccc1.Oc1ccccc1.[Na]. The molecule has 0 bridgehead atoms. The average molecular weight is 444 g/mol. The number of unbranched alkanes of at least 4 members (excludes halogenated alkanes) is 9. The molecule has 1 radical (unpaired) electrons. The number of phenolic OH excluding ortho intramolecular Hbond substituents is 1. The van der Waals surface area contributed by atoms with E-state index in [-0.39, 0.29) is 41.1 Å². The van der Waals surface area contributed by atoms with Gasteiger partial charge in [-0.3, -0.25) is 4.18 Å². The average Bonchev–Trinajstić information content (AvgIpc) is 2.74. The van der Waals surface area contributed by atoms with Gasteiger partial charge in [0, 0.05) is 29.6 Å². The fourth-order valence-corrected chi connectivity index (χ4v) is 3.81. The Morgan fingerprint density at radius 1 is 0.700 bits per heavy atom. The molecule has 0 aliphatic carbocycles. The Balaban J connectivity index is 0.000000886. The minimum atomic E-state index is -3.57. The Bertz CT molecular complexity index is 721. The van der Waals surface area contributed by atoms with E-state index >= 15 is 0 Å². The van der Waals surface area contributed by atoms with Crippen LogP contribution in [0.25, 0.3) is 0 Å². The van der Waals surface area contributed by atoms with Crippen LogP contribution in [-0.4, -0.2) is 49.7 Å². The van der Waals surface area contributed by atoms with Crippen LogP contribution in [0.15, 0.2) is 65.6 Å². The molecule has 0 saturated carbocycles. The predicted molar refractivity (Wildman–Crippen MR) is 125 cm³/mol. The summed E-state index contributed by atoms with van der Waals surface area (Å²) >= 11 is 0. The van der Waals surface area contributed by atoms with Crippen molar-refractivity contribution in [1.29, 1.82) is 0 Å². The Kier molecular flexibility index (Phi) is 18.3. The van der Waals surface area contributed by atoms with Crippen molar-refractivity contribution in [3.8, 4) is 5.75 Å². The summed E-state index contributed by atoms with van der Waals surface area (Å²) < 4.78 is 28.8. The van der Waals surface area contributed by atoms with Crippen molar-refractivity contribution >= 4 is 39.7 Å². The molecule has 0 saturated heterocycles. The van der Waals surface area contributed by atoms with E-state index in [1.165, 1.54) is 51.4 Å². The smallest absolute Gasteiger partial charge is 0.296 e. The maximum absolute atomic E-state index is 11.9. The molecule has 2 aromatic rings. The van der Waals surface area contributed by atoms with Gasteiger partial charge in [0.2, 0.25) is 0 Å². The molecule has 0 amide bonds. The topological polar surface area (TPSA) is 63.6 Å². The molecule has 0 aliphatic heterocycles. The third kappa shape index (κ3) is 15.0. The van der Waals surface area contributed by atoms with E-state index in [4.69, 9.17) is 9.29 Å². The van der Waals surface area contributed by atoms with Gasteiger partial charge in [-0.25, -0.2) is 0 Å². The van der Waals surface area contributed by atoms with Crippen molar-refractivity contribution in [2.24, 2.45) is 0 Å². The van der Waals surface area contributed by atoms with Crippen LogP contribution >= 0.6 is 0 Å². The summed E-state index contributed by atoms with van der Waals surface area (Å²) in [6, 6.07) is 17.0. The first-order valence-electron chi connectivity index (χ1n) is 10.7. The zero-order chi connectivity index (χ0) is 21.2. The molecule has 4 nitrogen and oxygen atoms in total. The van der Waals surface area contributed by atoms with Crippen LogP contribution in [0.1, 0.15) is 71.1 Å². The van der Waals surface area contributed by atoms with Crippen molar-refractivity contribution in [2.45, 2.75) is 76.0 Å². The molecule has 163 valence electrons. The zero-order valence-corrected chi connectivity index (χ0v) is 21.4. The molecule has 2 aromatic carbocycles. The molecular weight excluding hydrogens is 407 g/mol. The first-order chi connectivity index (χ1) is 14.1. The van der Waals surface area contributed by atoms with Crippen LogP contribution in [0.2, 0.25) is 0 Å². The van der Waals surface area contributed by atoms with E-state index in [9.17, 15) is 8.42 Å². The third-order valence-corrected chi connectivity index (χ3v) is 5.85. The summed E-state index contributed by atoms with van der Waals surface area (Å²) in [6.07, 6.45) is 12.3. The molecule has 30 heavy (non-hydrogen) atoms. The fraction of sp³-hybridized carbons (Fsp3) is 0.500. The maximum atomic E-state index is 11.9. The van der Waals surface area contributed by atoms with E-state index in [0.29, 0.717) is 5.75 Å². The van der Waals surface area contributed by atoms with Gasteiger partial charge < -0.3 is 5.11 Å². The normalized spacial score (nSPS) is 10.6. The molecule has 0 heterocycles. The number of phenols is 1. The number of hydrogen-bond acceptors (Lipinski definition) is 4. The quantitative estimate of drug-likeness (QED) is 0.223. The molecule has 0 fully saturated rings. The third-order valence-electron chi connectivity index (χ3n) is 4.52. The molecule has 0 spiro atoms. The van der Waals surface area contributed by atoms with Gasteiger partial charge in [0.05, 0.1) is 11.5 Å². The fourth-order valence-electron chi connectivity index (χ4n) is 2.84. The summed E-state index contributed by atoms with van der Waals surface area (Å²) in [5, 5.41) is 8.63. The van der Waals surface area contributed by atoms with Gasteiger partial charge in [0.1, 0.15) is 5.75 Å². The van der Waals surface area contributed by atoms with Gasteiger partial charge in [0.25, 0.3) is 10.1 Å². The van der Waals surface area contributed by atoms with Crippen LogP contribution in [0.5, 0.6) is 5.75 Å². The molecule has 2 rings (SSSR count). The van der Waals surface area contributed by atoms with Crippen LogP contribution in [0.4, 0.5) is 0 Å². The van der Waals surface area contributed by atoms with Crippen LogP contribution < -0.4 is 0 Å². The van der Waals surface area contributed by atoms with Gasteiger partial charge in [-0.05, 0) is 30.7 Å². The standard InChI is InChI=1S/C18H30O3S.C6H6O.Na/c1-2-3-4-5-6-7-8-9-10-14-17-21-22(19,20)18-15-12-11-13-16-18;7-6-4-2-1-3-5-6;/h11-13,15-16H,2-10,14,17H2,1H3;1-5,7H;. The maximum Gasteiger partial charge on any atom is 0.296 e. The minimum absolute atomic E-state index is 0. The second-order valence-electron chi connectivity index (χ2n) is 7.11. The first kappa shape index (κ1) is 29.1. The number of hydrogen-bond donors (Lipinski definition) is 1. The van der Waals surface area contributed by atoms with Gasteiger partial charge in [-0.1, -0.05) is 101 Å². The summed E-state index contributed by atoms with van der Waals surface area (Å²) in [5.74, 6) is 0.322. The molecule has 0 aliphatic rings. The van der Waals surface area contributed by atoms with Crippen LogP contribution in [-0.2, 0) is 14.3 Å². The first-order valence-corrected chi connectivity index (χ1v) is 12.2. The molecule has 1 N–H and O–H groups in total. The molecule has 6 heteroatoms. The minimum Gasteiger partial charge on any atom is -0.508 e. The predicted octanol–water partition coefficient (Wildman–Crippen LogP) is 6.32. The summed E-state index contributed by atoms with van der Waals surface area (Å²) in [4.78, 5) is 0.238. The molecular formula is C24H36NaO4S. The Morgan fingerprint density at radius 2 is 1.13 bits per heavy atom. The van der Waals surface area contributed by atoms with E-state index in [0.717, 1.165) is 12.8 Å². The van der Waals surface area contributed by atoms with Gasteiger partial charge >= 0.3 is 0 Å². The number of rotatable bonds is 13. The molecule has 0 atom stereocenters. The van der Waals surface area contributed by atoms with Crippen molar-refractivity contribution in [2.75, 3.05) is 6.61 Å². The van der Waals surface area contributed by atoms with Crippen molar-refractivity contribution in [3.63, 3.8) is 0 Å². The van der Waals surface area contributed by atoms with Crippen LogP contribution in [0, 0.1) is 0 Å². The van der Waals surface area contributed by atoms with Crippen molar-refractivity contribution in [3.05, 3.63) is 60.7 Å². The van der Waals surface area contributed by atoms with Crippen molar-refractivity contribution in [1.82, 2.24) is 0 Å². The van der Waals surface area contributed by atoms with Gasteiger partial charge in [0.15, 0.2) is 0 Å². The van der Waals surface area contributed by atoms with Crippen LogP contribution in [0.3, 0.4) is 0 Å². The second kappa shape index (κ2) is 18.9. The second-order valence-corrected chi connectivity index (χ2v) is 8.72.